The Balaban J connectivity index is 1.91. The number of likely N-dealkylation sites (tertiary alicyclic amines) is 1. The molecule has 1 saturated heterocycles. The van der Waals surface area contributed by atoms with Gasteiger partial charge >= 0.3 is 5.97 Å². The number of benzene rings is 2. The molecular weight excluding hydrogens is 350 g/mol. The van der Waals surface area contributed by atoms with Crippen molar-refractivity contribution in [2.75, 3.05) is 6.54 Å². The standard InChI is InChI=1S/C24H29NO3/c1-18(2)28-23(26)15-21-14-22(20-12-8-5-9-13-20)25(17-24(21,3)27)16-19-10-6-4-7-11-19/h4-13,15,18,22,27H,14,16-17H2,1-3H3/b21-15+. The van der Waals surface area contributed by atoms with Crippen molar-refractivity contribution in [2.24, 2.45) is 0 Å². The second-order valence-corrected chi connectivity index (χ2v) is 7.95. The van der Waals surface area contributed by atoms with E-state index in [2.05, 4.69) is 29.2 Å². The summed E-state index contributed by atoms with van der Waals surface area (Å²) in [6.45, 7) is 6.61. The number of ether oxygens (including phenoxy) is 1. The molecule has 4 heteroatoms. The molecule has 28 heavy (non-hydrogen) atoms. The van der Waals surface area contributed by atoms with Crippen molar-refractivity contribution in [1.29, 1.82) is 0 Å². The predicted molar refractivity (Wildman–Crippen MR) is 111 cm³/mol. The van der Waals surface area contributed by atoms with E-state index in [0.717, 1.165) is 12.1 Å². The fourth-order valence-electron chi connectivity index (χ4n) is 3.78. The first-order valence-electron chi connectivity index (χ1n) is 9.82. The minimum absolute atomic E-state index is 0.0831. The van der Waals surface area contributed by atoms with E-state index in [0.29, 0.717) is 13.0 Å². The Morgan fingerprint density at radius 2 is 1.79 bits per heavy atom. The smallest absolute Gasteiger partial charge is 0.331 e. The highest BCUT2D eigenvalue weighted by Crippen LogP contribution is 2.39. The molecule has 1 N–H and O–H groups in total. The molecule has 0 bridgehead atoms. The zero-order valence-electron chi connectivity index (χ0n) is 16.8. The lowest BCUT2D eigenvalue weighted by atomic mass is 9.81. The average molecular weight is 380 g/mol. The van der Waals surface area contributed by atoms with Gasteiger partial charge in [0.05, 0.1) is 11.7 Å². The Morgan fingerprint density at radius 3 is 2.39 bits per heavy atom. The van der Waals surface area contributed by atoms with Crippen LogP contribution in [0.5, 0.6) is 0 Å². The zero-order valence-corrected chi connectivity index (χ0v) is 16.8. The normalized spacial score (nSPS) is 24.5. The van der Waals surface area contributed by atoms with Crippen LogP contribution in [0, 0.1) is 0 Å². The van der Waals surface area contributed by atoms with E-state index < -0.39 is 11.6 Å². The summed E-state index contributed by atoms with van der Waals surface area (Å²) in [7, 11) is 0. The lowest BCUT2D eigenvalue weighted by Gasteiger charge is -2.44. The Bertz CT molecular complexity index is 812. The van der Waals surface area contributed by atoms with Gasteiger partial charge in [-0.1, -0.05) is 60.7 Å². The molecule has 2 aromatic carbocycles. The number of β-amino-alcohol motifs (C(OH)–C–C–N with tert-alkyl or cyclic N) is 1. The van der Waals surface area contributed by atoms with Crippen LogP contribution < -0.4 is 0 Å². The summed E-state index contributed by atoms with van der Waals surface area (Å²) in [5.41, 5.74) is 2.01. The van der Waals surface area contributed by atoms with Crippen LogP contribution >= 0.6 is 0 Å². The van der Waals surface area contributed by atoms with E-state index in [-0.39, 0.29) is 12.1 Å². The molecule has 0 aromatic heterocycles. The Hall–Kier alpha value is -2.43. The van der Waals surface area contributed by atoms with Crippen LogP contribution in [0.2, 0.25) is 0 Å². The third-order valence-electron chi connectivity index (χ3n) is 5.11. The SMILES string of the molecule is CC(C)OC(=O)/C=C1\CC(c2ccccc2)N(Cc2ccccc2)CC1(C)O. The molecule has 2 unspecified atom stereocenters. The van der Waals surface area contributed by atoms with Gasteiger partial charge in [0.25, 0.3) is 0 Å². The molecule has 2 atom stereocenters. The third kappa shape index (κ3) is 5.09. The number of rotatable bonds is 5. The molecule has 1 fully saturated rings. The van der Waals surface area contributed by atoms with Crippen LogP contribution in [-0.2, 0) is 16.1 Å². The number of piperidine rings is 1. The van der Waals surface area contributed by atoms with Gasteiger partial charge in [-0.2, -0.15) is 0 Å². The van der Waals surface area contributed by atoms with Crippen molar-refractivity contribution in [3.8, 4) is 0 Å². The lowest BCUT2D eigenvalue weighted by molar-refractivity contribution is -0.141. The number of hydrogen-bond acceptors (Lipinski definition) is 4. The molecule has 0 radical (unpaired) electrons. The molecular formula is C24H29NO3. The highest BCUT2D eigenvalue weighted by Gasteiger charge is 2.39. The summed E-state index contributed by atoms with van der Waals surface area (Å²) < 4.78 is 5.27. The number of carbonyl (C=O) groups is 1. The molecule has 1 heterocycles. The fourth-order valence-corrected chi connectivity index (χ4v) is 3.78. The van der Waals surface area contributed by atoms with Crippen LogP contribution in [0.15, 0.2) is 72.3 Å². The number of carbonyl (C=O) groups excluding carboxylic acids is 1. The van der Waals surface area contributed by atoms with Crippen LogP contribution in [0.3, 0.4) is 0 Å². The first-order chi connectivity index (χ1) is 13.3. The second-order valence-electron chi connectivity index (χ2n) is 7.95. The molecule has 3 rings (SSSR count). The Kier molecular flexibility index (Phi) is 6.32. The van der Waals surface area contributed by atoms with Crippen molar-refractivity contribution < 1.29 is 14.6 Å². The van der Waals surface area contributed by atoms with Crippen LogP contribution in [0.25, 0.3) is 0 Å². The van der Waals surface area contributed by atoms with E-state index >= 15 is 0 Å². The number of esters is 1. The van der Waals surface area contributed by atoms with Gasteiger partial charge in [0, 0.05) is 25.2 Å². The summed E-state index contributed by atoms with van der Waals surface area (Å²) in [5, 5.41) is 11.1. The largest absolute Gasteiger partial charge is 0.460 e. The van der Waals surface area contributed by atoms with Crippen molar-refractivity contribution in [1.82, 2.24) is 4.90 Å². The van der Waals surface area contributed by atoms with Gasteiger partial charge < -0.3 is 9.84 Å². The highest BCUT2D eigenvalue weighted by atomic mass is 16.5. The number of nitrogens with zero attached hydrogens (tertiary/aromatic N) is 1. The predicted octanol–water partition coefficient (Wildman–Crippen LogP) is 4.26. The van der Waals surface area contributed by atoms with Crippen molar-refractivity contribution in [3.05, 3.63) is 83.4 Å². The van der Waals surface area contributed by atoms with E-state index in [1.165, 1.54) is 17.2 Å². The zero-order chi connectivity index (χ0) is 20.1. The quantitative estimate of drug-likeness (QED) is 0.623. The molecule has 2 aromatic rings. The summed E-state index contributed by atoms with van der Waals surface area (Å²) in [6, 6.07) is 20.6. The molecule has 148 valence electrons. The molecule has 0 aliphatic carbocycles. The Labute approximate surface area is 167 Å². The topological polar surface area (TPSA) is 49.8 Å². The number of hydrogen-bond donors (Lipinski definition) is 1. The van der Waals surface area contributed by atoms with E-state index in [9.17, 15) is 9.90 Å². The Morgan fingerprint density at radius 1 is 1.18 bits per heavy atom. The number of aliphatic hydroxyl groups is 1. The van der Waals surface area contributed by atoms with E-state index in [1.807, 2.05) is 50.2 Å². The van der Waals surface area contributed by atoms with Gasteiger partial charge in [-0.3, -0.25) is 4.90 Å². The highest BCUT2D eigenvalue weighted by molar-refractivity contribution is 5.83. The van der Waals surface area contributed by atoms with Crippen molar-refractivity contribution in [3.63, 3.8) is 0 Å². The van der Waals surface area contributed by atoms with E-state index in [4.69, 9.17) is 4.74 Å². The summed E-state index contributed by atoms with van der Waals surface area (Å²) in [4.78, 5) is 14.5. The molecule has 4 nitrogen and oxygen atoms in total. The first-order valence-corrected chi connectivity index (χ1v) is 9.82. The lowest BCUT2D eigenvalue weighted by Crippen LogP contribution is -2.49. The van der Waals surface area contributed by atoms with Crippen molar-refractivity contribution in [2.45, 2.75) is 51.5 Å². The molecule has 0 spiro atoms. The minimum Gasteiger partial charge on any atom is -0.460 e. The van der Waals surface area contributed by atoms with E-state index in [1.54, 1.807) is 6.92 Å². The van der Waals surface area contributed by atoms with Crippen molar-refractivity contribution >= 4 is 5.97 Å². The van der Waals surface area contributed by atoms with Gasteiger partial charge in [-0.25, -0.2) is 4.79 Å². The molecule has 1 aliphatic rings. The van der Waals surface area contributed by atoms with Crippen LogP contribution in [-0.4, -0.2) is 34.2 Å². The fraction of sp³-hybridized carbons (Fsp3) is 0.375. The molecule has 1 aliphatic heterocycles. The monoisotopic (exact) mass is 379 g/mol. The summed E-state index contributed by atoms with van der Waals surface area (Å²) >= 11 is 0. The maximum Gasteiger partial charge on any atom is 0.331 e. The summed E-state index contributed by atoms with van der Waals surface area (Å²) in [6.07, 6.45) is 1.88. The summed E-state index contributed by atoms with van der Waals surface area (Å²) in [5.74, 6) is -0.395. The minimum atomic E-state index is -1.09. The van der Waals surface area contributed by atoms with Crippen LogP contribution in [0.4, 0.5) is 0 Å². The molecule has 0 saturated carbocycles. The maximum atomic E-state index is 12.2. The first kappa shape index (κ1) is 20.3. The van der Waals surface area contributed by atoms with Gasteiger partial charge in [0.15, 0.2) is 0 Å². The third-order valence-corrected chi connectivity index (χ3v) is 5.11. The van der Waals surface area contributed by atoms with Gasteiger partial charge in [-0.05, 0) is 43.9 Å². The van der Waals surface area contributed by atoms with Gasteiger partial charge in [0.1, 0.15) is 0 Å². The second kappa shape index (κ2) is 8.72. The molecule has 0 amide bonds. The van der Waals surface area contributed by atoms with Gasteiger partial charge in [0.2, 0.25) is 0 Å². The van der Waals surface area contributed by atoms with Gasteiger partial charge in [-0.15, -0.1) is 0 Å². The maximum absolute atomic E-state index is 12.2. The average Bonchev–Trinajstić information content (AvgIpc) is 2.64. The van der Waals surface area contributed by atoms with Crippen LogP contribution in [0.1, 0.15) is 44.4 Å².